The zero-order valence-corrected chi connectivity index (χ0v) is 11.9. The minimum atomic E-state index is -0.267. The van der Waals surface area contributed by atoms with Gasteiger partial charge >= 0.3 is 0 Å². The maximum absolute atomic E-state index is 10.00. The van der Waals surface area contributed by atoms with E-state index in [4.69, 9.17) is 4.74 Å². The molecular weight excluding hydrogens is 250 g/mol. The molecule has 0 bridgehead atoms. The second kappa shape index (κ2) is 5.71. The van der Waals surface area contributed by atoms with Gasteiger partial charge < -0.3 is 14.4 Å². The van der Waals surface area contributed by atoms with Gasteiger partial charge in [-0.25, -0.2) is 0 Å². The Morgan fingerprint density at radius 1 is 1.35 bits per heavy atom. The minimum absolute atomic E-state index is 0.267. The van der Waals surface area contributed by atoms with Crippen LogP contribution in [-0.4, -0.2) is 16.8 Å². The monoisotopic (exact) mass is 271 g/mol. The Balaban J connectivity index is 1.72. The molecule has 2 aromatic rings. The lowest BCUT2D eigenvalue weighted by Crippen LogP contribution is -2.12. The fourth-order valence-corrected chi connectivity index (χ4v) is 3.02. The van der Waals surface area contributed by atoms with E-state index in [0.29, 0.717) is 0 Å². The van der Waals surface area contributed by atoms with Crippen LogP contribution in [0.3, 0.4) is 0 Å². The Bertz CT molecular complexity index is 588. The van der Waals surface area contributed by atoms with E-state index < -0.39 is 0 Å². The molecule has 0 fully saturated rings. The summed E-state index contributed by atoms with van der Waals surface area (Å²) in [6.07, 6.45) is 5.88. The standard InChI is InChI=1S/C17H21NO2/c1-20-14-5-2-4-13(12-14)8-10-18-11-9-15-16(18)6-3-7-17(15)19/h2,4-5,9,11-12,17,19H,3,6-8,10H2,1H3. The second-order valence-electron chi connectivity index (χ2n) is 5.42. The van der Waals surface area contributed by atoms with Crippen molar-refractivity contribution in [2.75, 3.05) is 7.11 Å². The third-order valence-electron chi connectivity index (χ3n) is 4.14. The highest BCUT2D eigenvalue weighted by molar-refractivity contribution is 5.30. The van der Waals surface area contributed by atoms with Gasteiger partial charge in [-0.1, -0.05) is 12.1 Å². The molecule has 0 saturated heterocycles. The molecule has 1 N–H and O–H groups in total. The first-order chi connectivity index (χ1) is 9.78. The number of hydrogen-bond acceptors (Lipinski definition) is 2. The summed E-state index contributed by atoms with van der Waals surface area (Å²) >= 11 is 0. The van der Waals surface area contributed by atoms with Crippen LogP contribution in [0.2, 0.25) is 0 Å². The summed E-state index contributed by atoms with van der Waals surface area (Å²) < 4.78 is 7.55. The summed E-state index contributed by atoms with van der Waals surface area (Å²) in [5.41, 5.74) is 3.72. The predicted molar refractivity (Wildman–Crippen MR) is 79.0 cm³/mol. The van der Waals surface area contributed by atoms with Crippen molar-refractivity contribution in [1.82, 2.24) is 4.57 Å². The highest BCUT2D eigenvalue weighted by Gasteiger charge is 2.20. The third kappa shape index (κ3) is 2.59. The Morgan fingerprint density at radius 2 is 2.25 bits per heavy atom. The molecule has 3 heteroatoms. The Kier molecular flexibility index (Phi) is 3.79. The van der Waals surface area contributed by atoms with E-state index in [-0.39, 0.29) is 6.10 Å². The van der Waals surface area contributed by atoms with Crippen molar-refractivity contribution in [2.24, 2.45) is 0 Å². The average molecular weight is 271 g/mol. The molecule has 1 aliphatic carbocycles. The predicted octanol–water partition coefficient (Wildman–Crippen LogP) is 3.11. The molecule has 0 saturated carbocycles. The number of fused-ring (bicyclic) bond motifs is 1. The lowest BCUT2D eigenvalue weighted by atomic mass is 9.95. The third-order valence-corrected chi connectivity index (χ3v) is 4.14. The van der Waals surface area contributed by atoms with Gasteiger partial charge in [-0.2, -0.15) is 0 Å². The molecule has 3 nitrogen and oxygen atoms in total. The lowest BCUT2D eigenvalue weighted by Gasteiger charge is -2.20. The molecule has 0 aliphatic heterocycles. The largest absolute Gasteiger partial charge is 0.497 e. The number of aliphatic hydroxyl groups excluding tert-OH is 1. The molecule has 106 valence electrons. The summed E-state index contributed by atoms with van der Waals surface area (Å²) in [6.45, 7) is 0.954. The molecule has 1 aromatic heterocycles. The Labute approximate surface area is 119 Å². The fourth-order valence-electron chi connectivity index (χ4n) is 3.02. The maximum atomic E-state index is 10.00. The van der Waals surface area contributed by atoms with Gasteiger partial charge in [-0.15, -0.1) is 0 Å². The first-order valence-electron chi connectivity index (χ1n) is 7.27. The average Bonchev–Trinajstić information content (AvgIpc) is 2.90. The van der Waals surface area contributed by atoms with Crippen molar-refractivity contribution in [2.45, 2.75) is 38.3 Å². The van der Waals surface area contributed by atoms with Gasteiger partial charge in [-0.3, -0.25) is 0 Å². The van der Waals surface area contributed by atoms with Crippen LogP contribution in [-0.2, 0) is 19.4 Å². The van der Waals surface area contributed by atoms with Crippen molar-refractivity contribution in [3.8, 4) is 5.75 Å². The van der Waals surface area contributed by atoms with Crippen molar-refractivity contribution in [3.63, 3.8) is 0 Å². The SMILES string of the molecule is COc1cccc(CCn2ccc3c2CCCC3O)c1. The molecule has 1 heterocycles. The van der Waals surface area contributed by atoms with Gasteiger partial charge in [0.1, 0.15) is 5.75 Å². The number of aryl methyl sites for hydroxylation is 2. The van der Waals surface area contributed by atoms with Crippen molar-refractivity contribution < 1.29 is 9.84 Å². The highest BCUT2D eigenvalue weighted by Crippen LogP contribution is 2.30. The lowest BCUT2D eigenvalue weighted by molar-refractivity contribution is 0.155. The van der Waals surface area contributed by atoms with Crippen LogP contribution in [0.1, 0.15) is 35.8 Å². The van der Waals surface area contributed by atoms with Crippen LogP contribution in [0, 0.1) is 0 Å². The van der Waals surface area contributed by atoms with Crippen LogP contribution >= 0.6 is 0 Å². The molecule has 20 heavy (non-hydrogen) atoms. The zero-order valence-electron chi connectivity index (χ0n) is 11.9. The van der Waals surface area contributed by atoms with E-state index in [1.165, 1.54) is 11.3 Å². The number of rotatable bonds is 4. The minimum Gasteiger partial charge on any atom is -0.497 e. The van der Waals surface area contributed by atoms with E-state index in [1.54, 1.807) is 7.11 Å². The van der Waals surface area contributed by atoms with Gasteiger partial charge in [0.2, 0.25) is 0 Å². The molecular formula is C17H21NO2. The first-order valence-corrected chi connectivity index (χ1v) is 7.27. The molecule has 0 spiro atoms. The summed E-state index contributed by atoms with van der Waals surface area (Å²) in [6, 6.07) is 10.3. The van der Waals surface area contributed by atoms with E-state index in [9.17, 15) is 5.11 Å². The topological polar surface area (TPSA) is 34.4 Å². The highest BCUT2D eigenvalue weighted by atomic mass is 16.5. The van der Waals surface area contributed by atoms with E-state index in [2.05, 4.69) is 29.0 Å². The zero-order chi connectivity index (χ0) is 13.9. The molecule has 0 radical (unpaired) electrons. The quantitative estimate of drug-likeness (QED) is 0.927. The number of ether oxygens (including phenoxy) is 1. The van der Waals surface area contributed by atoms with Crippen molar-refractivity contribution in [1.29, 1.82) is 0 Å². The molecule has 1 atom stereocenters. The number of benzene rings is 1. The van der Waals surface area contributed by atoms with E-state index in [0.717, 1.165) is 43.5 Å². The Hall–Kier alpha value is -1.74. The van der Waals surface area contributed by atoms with Crippen LogP contribution in [0.25, 0.3) is 0 Å². The van der Waals surface area contributed by atoms with Crippen LogP contribution in [0.15, 0.2) is 36.5 Å². The van der Waals surface area contributed by atoms with Gasteiger partial charge in [0.15, 0.2) is 0 Å². The van der Waals surface area contributed by atoms with Gasteiger partial charge in [0, 0.05) is 24.0 Å². The van der Waals surface area contributed by atoms with Gasteiger partial charge in [0.05, 0.1) is 13.2 Å². The molecule has 1 aromatic carbocycles. The molecule has 1 aliphatic rings. The number of aromatic nitrogens is 1. The first kappa shape index (κ1) is 13.3. The number of hydrogen-bond donors (Lipinski definition) is 1. The molecule has 1 unspecified atom stereocenters. The smallest absolute Gasteiger partial charge is 0.119 e. The summed E-state index contributed by atoms with van der Waals surface area (Å²) in [5, 5.41) is 10.00. The Morgan fingerprint density at radius 3 is 3.10 bits per heavy atom. The van der Waals surface area contributed by atoms with Crippen LogP contribution in [0.5, 0.6) is 5.75 Å². The fraction of sp³-hybridized carbons (Fsp3) is 0.412. The normalized spacial score (nSPS) is 17.8. The van der Waals surface area contributed by atoms with Gasteiger partial charge in [-0.05, 0) is 49.4 Å². The molecule has 3 rings (SSSR count). The van der Waals surface area contributed by atoms with E-state index >= 15 is 0 Å². The van der Waals surface area contributed by atoms with Crippen LogP contribution < -0.4 is 4.74 Å². The number of methoxy groups -OCH3 is 1. The number of aliphatic hydroxyl groups is 1. The van der Waals surface area contributed by atoms with Crippen molar-refractivity contribution in [3.05, 3.63) is 53.3 Å². The summed E-state index contributed by atoms with van der Waals surface area (Å²) in [5.74, 6) is 0.910. The van der Waals surface area contributed by atoms with Crippen LogP contribution in [0.4, 0.5) is 0 Å². The maximum Gasteiger partial charge on any atom is 0.119 e. The summed E-state index contributed by atoms with van der Waals surface area (Å²) in [7, 11) is 1.70. The summed E-state index contributed by atoms with van der Waals surface area (Å²) in [4.78, 5) is 0. The molecule has 0 amide bonds. The van der Waals surface area contributed by atoms with Crippen molar-refractivity contribution >= 4 is 0 Å². The van der Waals surface area contributed by atoms with E-state index in [1.807, 2.05) is 12.1 Å². The van der Waals surface area contributed by atoms with Gasteiger partial charge in [0.25, 0.3) is 0 Å². The number of nitrogens with zero attached hydrogens (tertiary/aromatic N) is 1. The second-order valence-corrected chi connectivity index (χ2v) is 5.42.